The van der Waals surface area contributed by atoms with Crippen molar-refractivity contribution in [2.45, 2.75) is 24.3 Å². The highest BCUT2D eigenvalue weighted by molar-refractivity contribution is 6.09. The summed E-state index contributed by atoms with van der Waals surface area (Å²) in [6.07, 6.45) is 10.7. The van der Waals surface area contributed by atoms with Crippen molar-refractivity contribution in [1.82, 2.24) is 14.5 Å². The molecule has 7 aromatic carbocycles. The molecule has 4 heteroatoms. The molecule has 1 aliphatic heterocycles. The van der Waals surface area contributed by atoms with Crippen LogP contribution in [0.4, 0.5) is 11.6 Å². The fourth-order valence-corrected chi connectivity index (χ4v) is 9.87. The van der Waals surface area contributed by atoms with Crippen molar-refractivity contribution in [2.75, 3.05) is 4.90 Å². The second-order valence-electron chi connectivity index (χ2n) is 15.6. The van der Waals surface area contributed by atoms with E-state index in [4.69, 9.17) is 9.97 Å². The number of hydrogen-bond acceptors (Lipinski definition) is 3. The maximum Gasteiger partial charge on any atom is 0.231 e. The summed E-state index contributed by atoms with van der Waals surface area (Å²) in [5.74, 6) is 1.15. The van der Waals surface area contributed by atoms with Crippen LogP contribution in [0, 0.1) is 0 Å². The normalized spacial score (nSPS) is 18.2. The van der Waals surface area contributed by atoms with Crippen LogP contribution in [0.5, 0.6) is 0 Å². The zero-order chi connectivity index (χ0) is 38.2. The summed E-state index contributed by atoms with van der Waals surface area (Å²) >= 11 is 0. The first kappa shape index (κ1) is 32.9. The Labute approximate surface area is 337 Å². The molecule has 9 aromatic rings. The molecule has 3 unspecified atom stereocenters. The molecule has 2 aliphatic carbocycles. The third-order valence-electron chi connectivity index (χ3n) is 12.5. The van der Waals surface area contributed by atoms with Crippen LogP contribution in [0.15, 0.2) is 206 Å². The SMILES string of the molecule is C1=CC(c2ccc3c4ccccc4n(-c4ccccc4)c3c2)CC=C1C1=CC2c3ccccc3N(c3nc(-c4ccccc4)c4ccccc4n3)C2c2ccccc21. The van der Waals surface area contributed by atoms with Gasteiger partial charge >= 0.3 is 0 Å². The fraction of sp³-hybridized carbons (Fsp3) is 0.0741. The molecule has 0 amide bonds. The second-order valence-corrected chi connectivity index (χ2v) is 15.6. The van der Waals surface area contributed by atoms with E-state index in [9.17, 15) is 0 Å². The van der Waals surface area contributed by atoms with E-state index in [1.54, 1.807) is 0 Å². The zero-order valence-corrected chi connectivity index (χ0v) is 31.8. The first-order chi connectivity index (χ1) is 28.8. The van der Waals surface area contributed by atoms with E-state index in [1.807, 2.05) is 0 Å². The molecule has 12 rings (SSSR count). The zero-order valence-electron chi connectivity index (χ0n) is 31.8. The average molecular weight is 743 g/mol. The molecule has 0 fully saturated rings. The van der Waals surface area contributed by atoms with Gasteiger partial charge in [-0.05, 0) is 76.2 Å². The van der Waals surface area contributed by atoms with Crippen molar-refractivity contribution in [2.24, 2.45) is 0 Å². The van der Waals surface area contributed by atoms with Crippen LogP contribution in [0.2, 0.25) is 0 Å². The van der Waals surface area contributed by atoms with Crippen molar-refractivity contribution in [3.63, 3.8) is 0 Å². The minimum atomic E-state index is 0.0196. The van der Waals surface area contributed by atoms with Gasteiger partial charge in [0.25, 0.3) is 0 Å². The monoisotopic (exact) mass is 742 g/mol. The lowest BCUT2D eigenvalue weighted by Crippen LogP contribution is -2.27. The van der Waals surface area contributed by atoms with Crippen LogP contribution in [0.3, 0.4) is 0 Å². The number of para-hydroxylation sites is 4. The van der Waals surface area contributed by atoms with Crippen molar-refractivity contribution >= 4 is 49.9 Å². The topological polar surface area (TPSA) is 34.0 Å². The molecule has 0 bridgehead atoms. The van der Waals surface area contributed by atoms with Gasteiger partial charge in [0.05, 0.1) is 28.3 Å². The number of benzene rings is 7. The molecule has 3 atom stereocenters. The molecular formula is C54H38N4. The van der Waals surface area contributed by atoms with Gasteiger partial charge < -0.3 is 9.47 Å². The van der Waals surface area contributed by atoms with Gasteiger partial charge in [-0.2, -0.15) is 0 Å². The summed E-state index contributed by atoms with van der Waals surface area (Å²) in [5, 5.41) is 3.63. The van der Waals surface area contributed by atoms with Gasteiger partial charge in [0, 0.05) is 44.9 Å². The van der Waals surface area contributed by atoms with Crippen LogP contribution in [0.25, 0.3) is 55.2 Å². The molecule has 3 aliphatic rings. The van der Waals surface area contributed by atoms with Crippen molar-refractivity contribution in [3.8, 4) is 16.9 Å². The highest BCUT2D eigenvalue weighted by atomic mass is 15.3. The molecule has 58 heavy (non-hydrogen) atoms. The molecule has 2 aromatic heterocycles. The summed E-state index contributed by atoms with van der Waals surface area (Å²) in [6.45, 7) is 0. The van der Waals surface area contributed by atoms with Crippen LogP contribution >= 0.6 is 0 Å². The third-order valence-corrected chi connectivity index (χ3v) is 12.5. The Hall–Kier alpha value is -7.30. The van der Waals surface area contributed by atoms with Gasteiger partial charge in [0.15, 0.2) is 0 Å². The third kappa shape index (κ3) is 5.08. The van der Waals surface area contributed by atoms with E-state index >= 15 is 0 Å². The standard InChI is InChI=1S/C54H38N4/c1-3-15-37(16-4-1)52-45-23-9-12-24-48(45)55-54(56-52)58-50-26-14-11-21-42(50)47-34-46(40-19-7-8-22-44(40)53(47)58)36-29-27-35(28-30-36)38-31-32-43-41-20-10-13-25-49(41)57(51(43)33-38)39-17-5-2-6-18-39/h1-27,29-35,47,53H,28H2. The first-order valence-electron chi connectivity index (χ1n) is 20.3. The lowest BCUT2D eigenvalue weighted by Gasteiger charge is -2.34. The molecule has 0 saturated carbocycles. The molecule has 3 heterocycles. The van der Waals surface area contributed by atoms with Crippen molar-refractivity contribution in [1.29, 1.82) is 0 Å². The largest absolute Gasteiger partial charge is 0.309 e. The Kier molecular flexibility index (Phi) is 7.45. The smallest absolute Gasteiger partial charge is 0.231 e. The fourth-order valence-electron chi connectivity index (χ4n) is 9.87. The van der Waals surface area contributed by atoms with Crippen molar-refractivity contribution in [3.05, 3.63) is 228 Å². The Morgan fingerprint density at radius 1 is 0.569 bits per heavy atom. The minimum absolute atomic E-state index is 0.0196. The Morgan fingerprint density at radius 3 is 2.12 bits per heavy atom. The highest BCUT2D eigenvalue weighted by Crippen LogP contribution is 2.57. The van der Waals surface area contributed by atoms with Crippen LogP contribution in [-0.2, 0) is 0 Å². The number of anilines is 2. The molecule has 0 saturated heterocycles. The summed E-state index contributed by atoms with van der Waals surface area (Å²) in [6, 6.07) is 63.3. The number of aromatic nitrogens is 3. The summed E-state index contributed by atoms with van der Waals surface area (Å²) in [5.41, 5.74) is 15.6. The second kappa shape index (κ2) is 13.1. The number of hydrogen-bond donors (Lipinski definition) is 0. The Morgan fingerprint density at radius 2 is 1.28 bits per heavy atom. The predicted molar refractivity (Wildman–Crippen MR) is 239 cm³/mol. The lowest BCUT2D eigenvalue weighted by molar-refractivity contribution is 0.654. The maximum atomic E-state index is 5.39. The predicted octanol–water partition coefficient (Wildman–Crippen LogP) is 13.4. The van der Waals surface area contributed by atoms with Gasteiger partial charge in [-0.3, -0.25) is 0 Å². The van der Waals surface area contributed by atoms with E-state index in [2.05, 4.69) is 210 Å². The molecule has 4 nitrogen and oxygen atoms in total. The first-order valence-corrected chi connectivity index (χ1v) is 20.3. The summed E-state index contributed by atoms with van der Waals surface area (Å²) in [7, 11) is 0. The maximum absolute atomic E-state index is 5.39. The molecule has 0 spiro atoms. The average Bonchev–Trinajstić information content (AvgIpc) is 3.82. The molecule has 0 N–H and O–H groups in total. The lowest BCUT2D eigenvalue weighted by atomic mass is 9.76. The van der Waals surface area contributed by atoms with Crippen LogP contribution in [-0.4, -0.2) is 14.5 Å². The highest BCUT2D eigenvalue weighted by Gasteiger charge is 2.44. The van der Waals surface area contributed by atoms with E-state index < -0.39 is 0 Å². The van der Waals surface area contributed by atoms with Crippen LogP contribution in [0.1, 0.15) is 46.6 Å². The quantitative estimate of drug-likeness (QED) is 0.176. The van der Waals surface area contributed by atoms with Gasteiger partial charge in [0.2, 0.25) is 5.95 Å². The Balaban J connectivity index is 0.932. The van der Waals surface area contributed by atoms with Gasteiger partial charge in [0.1, 0.15) is 0 Å². The molecule has 0 radical (unpaired) electrons. The van der Waals surface area contributed by atoms with Gasteiger partial charge in [-0.1, -0.05) is 164 Å². The van der Waals surface area contributed by atoms with Crippen LogP contribution < -0.4 is 4.90 Å². The van der Waals surface area contributed by atoms with E-state index in [-0.39, 0.29) is 17.9 Å². The van der Waals surface area contributed by atoms with E-state index in [0.29, 0.717) is 0 Å². The molecular weight excluding hydrogens is 705 g/mol. The number of rotatable bonds is 5. The Bertz CT molecular complexity index is 3170. The number of allylic oxidation sites excluding steroid dienone is 5. The van der Waals surface area contributed by atoms with E-state index in [1.165, 1.54) is 60.9 Å². The summed E-state index contributed by atoms with van der Waals surface area (Å²) in [4.78, 5) is 13.1. The van der Waals surface area contributed by atoms with Crippen molar-refractivity contribution < 1.29 is 0 Å². The van der Waals surface area contributed by atoms with Gasteiger partial charge in [-0.15, -0.1) is 0 Å². The van der Waals surface area contributed by atoms with E-state index in [0.717, 1.165) is 40.2 Å². The molecule has 274 valence electrons. The number of nitrogens with zero attached hydrogens (tertiary/aromatic N) is 4. The summed E-state index contributed by atoms with van der Waals surface area (Å²) < 4.78 is 2.41. The van der Waals surface area contributed by atoms with Gasteiger partial charge in [-0.25, -0.2) is 9.97 Å². The number of fused-ring (bicyclic) bond motifs is 9. The minimum Gasteiger partial charge on any atom is -0.309 e.